The Labute approximate surface area is 121 Å². The van der Waals surface area contributed by atoms with Crippen molar-refractivity contribution in [3.63, 3.8) is 0 Å². The van der Waals surface area contributed by atoms with E-state index in [0.717, 1.165) is 38.0 Å². The summed E-state index contributed by atoms with van der Waals surface area (Å²) < 4.78 is 5.21. The summed E-state index contributed by atoms with van der Waals surface area (Å²) in [5, 5.41) is 4.06. The van der Waals surface area contributed by atoms with Crippen molar-refractivity contribution in [1.29, 1.82) is 0 Å². The van der Waals surface area contributed by atoms with E-state index in [-0.39, 0.29) is 17.6 Å². The van der Waals surface area contributed by atoms with Crippen molar-refractivity contribution in [3.05, 3.63) is 11.7 Å². The number of rotatable bonds is 3. The van der Waals surface area contributed by atoms with Crippen LogP contribution >= 0.6 is 24.2 Å². The molecule has 0 atom stereocenters. The highest BCUT2D eigenvalue weighted by molar-refractivity contribution is 8.13. The first-order valence-corrected chi connectivity index (χ1v) is 7.20. The third-order valence-corrected chi connectivity index (χ3v) is 4.47. The van der Waals surface area contributed by atoms with Gasteiger partial charge in [0.05, 0.1) is 5.54 Å². The van der Waals surface area contributed by atoms with Gasteiger partial charge in [0, 0.05) is 12.3 Å². The number of aromatic nitrogens is 2. The van der Waals surface area contributed by atoms with Gasteiger partial charge in [0.25, 0.3) is 5.24 Å². The molecule has 0 bridgehead atoms. The van der Waals surface area contributed by atoms with Crippen LogP contribution in [0.2, 0.25) is 0 Å². The first-order chi connectivity index (χ1) is 8.67. The van der Waals surface area contributed by atoms with E-state index in [9.17, 15) is 4.79 Å². The number of amides is 1. The fraction of sp³-hybridized carbons (Fsp3) is 0.727. The van der Waals surface area contributed by atoms with E-state index in [4.69, 9.17) is 10.3 Å². The van der Waals surface area contributed by atoms with Crippen LogP contribution in [0.15, 0.2) is 4.52 Å². The van der Waals surface area contributed by atoms with E-state index in [2.05, 4.69) is 10.1 Å². The molecule has 1 aromatic rings. The monoisotopic (exact) mass is 304 g/mol. The number of hydrogen-bond donors (Lipinski definition) is 1. The SMILES string of the molecule is Cl.NC1(c2noc(CN3CCSC3=O)n2)CCCC1. The van der Waals surface area contributed by atoms with E-state index in [1.54, 1.807) is 4.90 Å². The summed E-state index contributed by atoms with van der Waals surface area (Å²) in [6, 6.07) is 0. The number of carbonyl (C=O) groups is 1. The molecule has 0 aromatic carbocycles. The molecule has 0 unspecified atom stereocenters. The van der Waals surface area contributed by atoms with Crippen molar-refractivity contribution in [1.82, 2.24) is 15.0 Å². The Kier molecular flexibility index (Phi) is 4.37. The van der Waals surface area contributed by atoms with Gasteiger partial charge in [-0.3, -0.25) is 4.79 Å². The molecule has 8 heteroatoms. The predicted octanol–water partition coefficient (Wildman–Crippen LogP) is 1.89. The minimum Gasteiger partial charge on any atom is -0.337 e. The lowest BCUT2D eigenvalue weighted by molar-refractivity contribution is 0.218. The molecule has 1 aliphatic carbocycles. The van der Waals surface area contributed by atoms with Gasteiger partial charge in [-0.15, -0.1) is 12.4 Å². The van der Waals surface area contributed by atoms with Gasteiger partial charge in [-0.2, -0.15) is 4.98 Å². The first-order valence-electron chi connectivity index (χ1n) is 6.21. The van der Waals surface area contributed by atoms with E-state index in [1.165, 1.54) is 11.8 Å². The van der Waals surface area contributed by atoms with Gasteiger partial charge >= 0.3 is 0 Å². The molecule has 1 saturated heterocycles. The van der Waals surface area contributed by atoms with E-state index >= 15 is 0 Å². The Hall–Kier alpha value is -0.790. The zero-order chi connectivity index (χ0) is 12.6. The number of nitrogens with two attached hydrogens (primary N) is 1. The average molecular weight is 305 g/mol. The van der Waals surface area contributed by atoms with Gasteiger partial charge in [0.2, 0.25) is 5.89 Å². The topological polar surface area (TPSA) is 85.2 Å². The molecule has 1 saturated carbocycles. The van der Waals surface area contributed by atoms with Crippen LogP contribution in [-0.4, -0.2) is 32.6 Å². The van der Waals surface area contributed by atoms with Crippen molar-refractivity contribution in [2.24, 2.45) is 5.73 Å². The molecule has 2 heterocycles. The summed E-state index contributed by atoms with van der Waals surface area (Å²) in [7, 11) is 0. The number of hydrogen-bond acceptors (Lipinski definition) is 6. The largest absolute Gasteiger partial charge is 0.337 e. The van der Waals surface area contributed by atoms with Gasteiger partial charge in [-0.05, 0) is 12.8 Å². The summed E-state index contributed by atoms with van der Waals surface area (Å²) in [6.07, 6.45) is 4.04. The van der Waals surface area contributed by atoms with Crippen LogP contribution < -0.4 is 5.73 Å². The summed E-state index contributed by atoms with van der Waals surface area (Å²) in [5.74, 6) is 1.91. The molecular weight excluding hydrogens is 288 g/mol. The number of thioether (sulfide) groups is 1. The molecule has 1 amide bonds. The Morgan fingerprint density at radius 3 is 2.79 bits per heavy atom. The molecule has 0 spiro atoms. The smallest absolute Gasteiger partial charge is 0.282 e. The second-order valence-electron chi connectivity index (χ2n) is 4.91. The van der Waals surface area contributed by atoms with Crippen molar-refractivity contribution in [2.45, 2.75) is 37.8 Å². The summed E-state index contributed by atoms with van der Waals surface area (Å²) in [5.41, 5.74) is 5.83. The van der Waals surface area contributed by atoms with Gasteiger partial charge in [-0.25, -0.2) is 0 Å². The Balaban J connectivity index is 0.00000133. The molecule has 3 rings (SSSR count). The van der Waals surface area contributed by atoms with Crippen molar-refractivity contribution in [3.8, 4) is 0 Å². The van der Waals surface area contributed by atoms with Crippen molar-refractivity contribution < 1.29 is 9.32 Å². The number of halogens is 1. The zero-order valence-electron chi connectivity index (χ0n) is 10.5. The lowest BCUT2D eigenvalue weighted by Gasteiger charge is -2.17. The normalized spacial score (nSPS) is 21.7. The quantitative estimate of drug-likeness (QED) is 0.918. The van der Waals surface area contributed by atoms with Gasteiger partial charge in [0.1, 0.15) is 6.54 Å². The van der Waals surface area contributed by atoms with Crippen molar-refractivity contribution in [2.75, 3.05) is 12.3 Å². The van der Waals surface area contributed by atoms with Crippen LogP contribution in [0.5, 0.6) is 0 Å². The maximum Gasteiger partial charge on any atom is 0.282 e. The Morgan fingerprint density at radius 1 is 1.42 bits per heavy atom. The third-order valence-electron chi connectivity index (χ3n) is 3.58. The Morgan fingerprint density at radius 2 is 2.16 bits per heavy atom. The molecule has 106 valence electrons. The first kappa shape index (κ1) is 14.6. The van der Waals surface area contributed by atoms with Gasteiger partial charge in [-0.1, -0.05) is 29.8 Å². The van der Waals surface area contributed by atoms with E-state index in [0.29, 0.717) is 18.3 Å². The van der Waals surface area contributed by atoms with E-state index in [1.807, 2.05) is 0 Å². The predicted molar refractivity (Wildman–Crippen MR) is 74.1 cm³/mol. The molecule has 1 aromatic heterocycles. The number of nitrogens with zero attached hydrogens (tertiary/aromatic N) is 3. The molecule has 2 aliphatic rings. The second kappa shape index (κ2) is 5.68. The maximum atomic E-state index is 11.5. The summed E-state index contributed by atoms with van der Waals surface area (Å²) in [6.45, 7) is 1.14. The minimum atomic E-state index is -0.425. The van der Waals surface area contributed by atoms with Crippen LogP contribution in [0.4, 0.5) is 4.79 Å². The second-order valence-corrected chi connectivity index (χ2v) is 5.96. The molecule has 2 fully saturated rings. The summed E-state index contributed by atoms with van der Waals surface area (Å²) >= 11 is 1.33. The highest BCUT2D eigenvalue weighted by atomic mass is 35.5. The van der Waals surface area contributed by atoms with Gasteiger partial charge in [0.15, 0.2) is 5.82 Å². The highest BCUT2D eigenvalue weighted by Crippen LogP contribution is 2.34. The van der Waals surface area contributed by atoms with Crippen LogP contribution in [0.3, 0.4) is 0 Å². The van der Waals surface area contributed by atoms with Gasteiger partial charge < -0.3 is 15.2 Å². The lowest BCUT2D eigenvalue weighted by Crippen LogP contribution is -2.34. The molecular formula is C11H17ClN4O2S. The third kappa shape index (κ3) is 2.88. The fourth-order valence-electron chi connectivity index (χ4n) is 2.48. The molecule has 6 nitrogen and oxygen atoms in total. The standard InChI is InChI=1S/C11H16N4O2S.ClH/c12-11(3-1-2-4-11)9-13-8(17-14-9)7-15-5-6-18-10(15)16;/h1-7,12H2;1H. The Bertz CT molecular complexity index is 461. The van der Waals surface area contributed by atoms with Crippen LogP contribution in [0.25, 0.3) is 0 Å². The molecule has 1 aliphatic heterocycles. The molecule has 19 heavy (non-hydrogen) atoms. The van der Waals surface area contributed by atoms with Crippen LogP contribution in [-0.2, 0) is 12.1 Å². The fourth-order valence-corrected chi connectivity index (χ4v) is 3.31. The average Bonchev–Trinajstić information content (AvgIpc) is 3.03. The summed E-state index contributed by atoms with van der Waals surface area (Å²) in [4.78, 5) is 17.6. The van der Waals surface area contributed by atoms with Crippen LogP contribution in [0.1, 0.15) is 37.4 Å². The van der Waals surface area contributed by atoms with Crippen LogP contribution in [0, 0.1) is 0 Å². The number of carbonyl (C=O) groups excluding carboxylic acids is 1. The zero-order valence-corrected chi connectivity index (χ0v) is 12.1. The molecule has 0 radical (unpaired) electrons. The molecule has 2 N–H and O–H groups in total. The highest BCUT2D eigenvalue weighted by Gasteiger charge is 2.36. The minimum absolute atomic E-state index is 0. The lowest BCUT2D eigenvalue weighted by atomic mass is 9.99. The maximum absolute atomic E-state index is 11.5. The van der Waals surface area contributed by atoms with E-state index < -0.39 is 5.54 Å². The van der Waals surface area contributed by atoms with Crippen molar-refractivity contribution >= 4 is 29.4 Å².